The third-order valence-electron chi connectivity index (χ3n) is 3.26. The molecule has 0 saturated carbocycles. The van der Waals surface area contributed by atoms with Crippen LogP contribution in [0.4, 0.5) is 4.79 Å². The molecule has 1 aromatic heterocycles. The van der Waals surface area contributed by atoms with Crippen LogP contribution in [0.15, 0.2) is 23.0 Å². The number of carbonyl (C=O) groups excluding carboxylic acids is 1. The van der Waals surface area contributed by atoms with Crippen molar-refractivity contribution in [3.8, 4) is 0 Å². The van der Waals surface area contributed by atoms with Gasteiger partial charge in [0, 0.05) is 6.54 Å². The Hall–Kier alpha value is -1.90. The average Bonchev–Trinajstić information content (AvgIpc) is 2.83. The van der Waals surface area contributed by atoms with Crippen molar-refractivity contribution >= 4 is 27.6 Å². The summed E-state index contributed by atoms with van der Waals surface area (Å²) in [5.74, 6) is 0. The van der Waals surface area contributed by atoms with Gasteiger partial charge in [0.05, 0.1) is 16.3 Å². The summed E-state index contributed by atoms with van der Waals surface area (Å²) in [4.78, 5) is 25.3. The summed E-state index contributed by atoms with van der Waals surface area (Å²) in [6.07, 6.45) is -2.55. The Bertz CT molecular complexity index is 762. The summed E-state index contributed by atoms with van der Waals surface area (Å²) in [7, 11) is 0. The van der Waals surface area contributed by atoms with Gasteiger partial charge in [-0.1, -0.05) is 17.4 Å². The molecule has 2 atom stereocenters. The van der Waals surface area contributed by atoms with Gasteiger partial charge in [-0.05, 0) is 44.9 Å². The second kappa shape index (κ2) is 7.33. The number of thiazole rings is 1. The highest BCUT2D eigenvalue weighted by molar-refractivity contribution is 7.16. The quantitative estimate of drug-likeness (QED) is 0.655. The highest BCUT2D eigenvalue weighted by Crippen LogP contribution is 2.24. The predicted molar refractivity (Wildman–Crippen MR) is 92.3 cm³/mol. The van der Waals surface area contributed by atoms with Gasteiger partial charge in [0.2, 0.25) is 0 Å². The van der Waals surface area contributed by atoms with Crippen molar-refractivity contribution in [3.05, 3.63) is 33.4 Å². The SMILES string of the molecule is CC(C)(C)OC(=O)NCCC(O)C(O)c1ccc2[nH]c(=O)sc2c1. The summed E-state index contributed by atoms with van der Waals surface area (Å²) in [6, 6.07) is 5.02. The maximum atomic E-state index is 11.5. The van der Waals surface area contributed by atoms with Crippen LogP contribution in [0.1, 0.15) is 38.9 Å². The largest absolute Gasteiger partial charge is 0.444 e. The molecule has 7 nitrogen and oxygen atoms in total. The van der Waals surface area contributed by atoms with E-state index in [1.807, 2.05) is 0 Å². The highest BCUT2D eigenvalue weighted by atomic mass is 32.1. The number of aromatic amines is 1. The van der Waals surface area contributed by atoms with E-state index in [0.717, 1.165) is 16.0 Å². The summed E-state index contributed by atoms with van der Waals surface area (Å²) in [5.41, 5.74) is 0.625. The lowest BCUT2D eigenvalue weighted by Crippen LogP contribution is -2.34. The van der Waals surface area contributed by atoms with Crippen molar-refractivity contribution in [1.82, 2.24) is 10.3 Å². The van der Waals surface area contributed by atoms with Crippen LogP contribution in [0.25, 0.3) is 10.2 Å². The molecule has 0 fully saturated rings. The molecule has 0 aliphatic carbocycles. The number of aliphatic hydroxyl groups is 2. The zero-order valence-corrected chi connectivity index (χ0v) is 14.6. The molecule has 0 aliphatic rings. The molecule has 2 unspecified atom stereocenters. The zero-order chi connectivity index (χ0) is 17.9. The van der Waals surface area contributed by atoms with Gasteiger partial charge in [-0.15, -0.1) is 0 Å². The number of aromatic nitrogens is 1. The number of amides is 1. The van der Waals surface area contributed by atoms with Crippen molar-refractivity contribution < 1.29 is 19.7 Å². The van der Waals surface area contributed by atoms with E-state index in [1.165, 1.54) is 0 Å². The van der Waals surface area contributed by atoms with Crippen molar-refractivity contribution in [2.75, 3.05) is 6.54 Å². The Morgan fingerprint density at radius 1 is 1.38 bits per heavy atom. The number of fused-ring (bicyclic) bond motifs is 1. The van der Waals surface area contributed by atoms with Crippen molar-refractivity contribution in [2.24, 2.45) is 0 Å². The maximum absolute atomic E-state index is 11.5. The fourth-order valence-corrected chi connectivity index (χ4v) is 2.95. The van der Waals surface area contributed by atoms with E-state index < -0.39 is 23.9 Å². The molecule has 8 heteroatoms. The predicted octanol–water partition coefficient (Wildman–Crippen LogP) is 1.90. The van der Waals surface area contributed by atoms with Crippen molar-refractivity contribution in [1.29, 1.82) is 0 Å². The summed E-state index contributed by atoms with van der Waals surface area (Å²) in [5, 5.41) is 22.8. The van der Waals surface area contributed by atoms with E-state index in [4.69, 9.17) is 4.74 Å². The van der Waals surface area contributed by atoms with E-state index in [9.17, 15) is 19.8 Å². The molecule has 1 heterocycles. The monoisotopic (exact) mass is 354 g/mol. The maximum Gasteiger partial charge on any atom is 0.407 e. The van der Waals surface area contributed by atoms with Gasteiger partial charge in [-0.2, -0.15) is 0 Å². The third kappa shape index (κ3) is 5.05. The van der Waals surface area contributed by atoms with Crippen LogP contribution in [-0.4, -0.2) is 39.5 Å². The topological polar surface area (TPSA) is 112 Å². The van der Waals surface area contributed by atoms with Crippen LogP contribution in [0.3, 0.4) is 0 Å². The molecule has 2 rings (SSSR count). The summed E-state index contributed by atoms with van der Waals surface area (Å²) in [6.45, 7) is 5.46. The zero-order valence-electron chi connectivity index (χ0n) is 13.8. The van der Waals surface area contributed by atoms with Crippen LogP contribution in [0, 0.1) is 0 Å². The second-order valence-corrected chi connectivity index (χ2v) is 7.51. The van der Waals surface area contributed by atoms with Crippen LogP contribution < -0.4 is 10.2 Å². The van der Waals surface area contributed by atoms with Gasteiger partial charge in [0.25, 0.3) is 0 Å². The van der Waals surface area contributed by atoms with Crippen LogP contribution in [0.5, 0.6) is 0 Å². The number of ether oxygens (including phenoxy) is 1. The standard InChI is InChI=1S/C16H22N2O5S/c1-16(2,3)23-14(21)17-7-6-11(19)13(20)9-4-5-10-12(8-9)24-15(22)18-10/h4-5,8,11,13,19-20H,6-7H2,1-3H3,(H,17,21)(H,18,22). The van der Waals surface area contributed by atoms with Crippen molar-refractivity contribution in [2.45, 2.75) is 45.0 Å². The van der Waals surface area contributed by atoms with Gasteiger partial charge < -0.3 is 25.3 Å². The van der Waals surface area contributed by atoms with E-state index >= 15 is 0 Å². The first-order valence-electron chi connectivity index (χ1n) is 7.61. The van der Waals surface area contributed by atoms with Gasteiger partial charge in [0.1, 0.15) is 11.7 Å². The first kappa shape index (κ1) is 18.4. The molecule has 0 radical (unpaired) electrons. The number of benzene rings is 1. The normalized spacial score (nSPS) is 14.4. The fourth-order valence-electron chi connectivity index (χ4n) is 2.16. The van der Waals surface area contributed by atoms with E-state index in [2.05, 4.69) is 10.3 Å². The van der Waals surface area contributed by atoms with Crippen LogP contribution >= 0.6 is 11.3 Å². The minimum absolute atomic E-state index is 0.168. The molecule has 132 valence electrons. The van der Waals surface area contributed by atoms with Gasteiger partial charge in [-0.25, -0.2) is 4.79 Å². The lowest BCUT2D eigenvalue weighted by Gasteiger charge is -2.21. The number of hydrogen-bond acceptors (Lipinski definition) is 6. The number of carbonyl (C=O) groups is 1. The van der Waals surface area contributed by atoms with E-state index in [1.54, 1.807) is 39.0 Å². The van der Waals surface area contributed by atoms with E-state index in [0.29, 0.717) is 11.1 Å². The number of H-pyrrole nitrogens is 1. The minimum Gasteiger partial charge on any atom is -0.444 e. The molecule has 0 bridgehead atoms. The minimum atomic E-state index is -1.10. The third-order valence-corrected chi connectivity index (χ3v) is 4.10. The lowest BCUT2D eigenvalue weighted by molar-refractivity contribution is 0.0124. The number of rotatable bonds is 5. The van der Waals surface area contributed by atoms with Crippen molar-refractivity contribution in [3.63, 3.8) is 0 Å². The van der Waals surface area contributed by atoms with Gasteiger partial charge >= 0.3 is 11.0 Å². The smallest absolute Gasteiger partial charge is 0.407 e. The number of aliphatic hydroxyl groups excluding tert-OH is 2. The fraction of sp³-hybridized carbons (Fsp3) is 0.500. The van der Waals surface area contributed by atoms with Gasteiger partial charge in [-0.3, -0.25) is 4.79 Å². The first-order valence-corrected chi connectivity index (χ1v) is 8.43. The molecule has 0 saturated heterocycles. The number of alkyl carbamates (subject to hydrolysis) is 1. The molecule has 0 spiro atoms. The Kier molecular flexibility index (Phi) is 5.63. The molecule has 0 aliphatic heterocycles. The summed E-state index contributed by atoms with van der Waals surface area (Å²) >= 11 is 1.05. The molecular formula is C16H22N2O5S. The molecule has 1 amide bonds. The van der Waals surface area contributed by atoms with E-state index in [-0.39, 0.29) is 17.8 Å². The van der Waals surface area contributed by atoms with Crippen LogP contribution in [0.2, 0.25) is 0 Å². The summed E-state index contributed by atoms with van der Waals surface area (Å²) < 4.78 is 5.81. The molecule has 4 N–H and O–H groups in total. The Labute approximate surface area is 143 Å². The first-order chi connectivity index (χ1) is 11.2. The average molecular weight is 354 g/mol. The molecule has 24 heavy (non-hydrogen) atoms. The lowest BCUT2D eigenvalue weighted by atomic mass is 10.0. The molecule has 1 aromatic carbocycles. The van der Waals surface area contributed by atoms with Crippen LogP contribution in [-0.2, 0) is 4.74 Å². The van der Waals surface area contributed by atoms with Gasteiger partial charge in [0.15, 0.2) is 0 Å². The Morgan fingerprint density at radius 2 is 2.08 bits per heavy atom. The molecular weight excluding hydrogens is 332 g/mol. The molecule has 2 aromatic rings. The Morgan fingerprint density at radius 3 is 2.75 bits per heavy atom. The number of nitrogens with one attached hydrogen (secondary N) is 2. The highest BCUT2D eigenvalue weighted by Gasteiger charge is 2.20. The number of hydrogen-bond donors (Lipinski definition) is 4. The Balaban J connectivity index is 1.90. The second-order valence-electron chi connectivity index (χ2n) is 6.50.